The molecule has 0 amide bonds. The van der Waals surface area contributed by atoms with Crippen molar-refractivity contribution in [2.45, 2.75) is 39.4 Å². The van der Waals surface area contributed by atoms with Crippen LogP contribution in [0.15, 0.2) is 12.1 Å². The molecule has 0 radical (unpaired) electrons. The lowest BCUT2D eigenvalue weighted by Crippen LogP contribution is -2.25. The molecule has 96 valence electrons. The minimum atomic E-state index is -0.180. The van der Waals surface area contributed by atoms with Gasteiger partial charge >= 0.3 is 0 Å². The topological polar surface area (TPSA) is 51.6 Å². The Hall–Kier alpha value is -1.13. The average Bonchev–Trinajstić information content (AvgIpc) is 2.29. The molecular weight excluding hydrogens is 218 g/mol. The summed E-state index contributed by atoms with van der Waals surface area (Å²) in [4.78, 5) is 4.27. The van der Waals surface area contributed by atoms with Crippen LogP contribution in [0, 0.1) is 6.92 Å². The fraction of sp³-hybridized carbons (Fsp3) is 0.615. The normalized spacial score (nSPS) is 11.6. The molecule has 0 spiro atoms. The number of ether oxygens (including phenoxy) is 2. The van der Waals surface area contributed by atoms with Crippen molar-refractivity contribution in [3.05, 3.63) is 23.4 Å². The number of methoxy groups -OCH3 is 1. The Morgan fingerprint density at radius 3 is 2.59 bits per heavy atom. The van der Waals surface area contributed by atoms with Crippen molar-refractivity contribution >= 4 is 0 Å². The highest BCUT2D eigenvalue weighted by atomic mass is 16.5. The average molecular weight is 239 g/mol. The number of aromatic nitrogens is 1. The van der Waals surface area contributed by atoms with Crippen LogP contribution >= 0.6 is 0 Å². The zero-order valence-electron chi connectivity index (χ0n) is 11.0. The molecule has 4 heteroatoms. The highest BCUT2D eigenvalue weighted by Crippen LogP contribution is 2.16. The van der Waals surface area contributed by atoms with Crippen LogP contribution in [0.2, 0.25) is 0 Å². The van der Waals surface area contributed by atoms with E-state index in [-0.39, 0.29) is 12.2 Å². The van der Waals surface area contributed by atoms with E-state index in [9.17, 15) is 0 Å². The van der Waals surface area contributed by atoms with Crippen LogP contribution in [0.3, 0.4) is 0 Å². The molecule has 1 rings (SSSR count). The van der Waals surface area contributed by atoms with E-state index in [1.807, 2.05) is 26.8 Å². The second-order valence-electron chi connectivity index (χ2n) is 4.61. The van der Waals surface area contributed by atoms with Crippen molar-refractivity contribution in [3.63, 3.8) is 0 Å². The van der Waals surface area contributed by atoms with Crippen LogP contribution in [0.25, 0.3) is 0 Å². The Balaban J connectivity index is 2.50. The van der Waals surface area contributed by atoms with Crippen molar-refractivity contribution < 1.29 is 14.6 Å². The van der Waals surface area contributed by atoms with Crippen LogP contribution in [0.4, 0.5) is 0 Å². The van der Waals surface area contributed by atoms with Gasteiger partial charge in [-0.25, -0.2) is 4.98 Å². The first-order valence-electron chi connectivity index (χ1n) is 5.74. The summed E-state index contributed by atoms with van der Waals surface area (Å²) in [6.07, 6.45) is 0.798. The lowest BCUT2D eigenvalue weighted by atomic mass is 10.1. The molecule has 4 nitrogen and oxygen atoms in total. The Bertz CT molecular complexity index is 364. The molecule has 0 aromatic carbocycles. The Morgan fingerprint density at radius 2 is 2.06 bits per heavy atom. The van der Waals surface area contributed by atoms with Gasteiger partial charge in [0, 0.05) is 25.3 Å². The van der Waals surface area contributed by atoms with Crippen molar-refractivity contribution in [1.82, 2.24) is 4.98 Å². The summed E-state index contributed by atoms with van der Waals surface area (Å²) < 4.78 is 10.9. The van der Waals surface area contributed by atoms with Crippen molar-refractivity contribution in [1.29, 1.82) is 0 Å². The maximum Gasteiger partial charge on any atom is 0.213 e. The van der Waals surface area contributed by atoms with E-state index in [0.717, 1.165) is 17.7 Å². The summed E-state index contributed by atoms with van der Waals surface area (Å²) in [6.45, 7) is 6.47. The lowest BCUT2D eigenvalue weighted by molar-refractivity contribution is 0.00507. The monoisotopic (exact) mass is 239 g/mol. The van der Waals surface area contributed by atoms with E-state index < -0.39 is 0 Å². The summed E-state index contributed by atoms with van der Waals surface area (Å²) >= 11 is 0. The molecule has 17 heavy (non-hydrogen) atoms. The van der Waals surface area contributed by atoms with Gasteiger partial charge in [-0.05, 0) is 32.4 Å². The van der Waals surface area contributed by atoms with Crippen LogP contribution in [0.5, 0.6) is 5.88 Å². The first-order valence-corrected chi connectivity index (χ1v) is 5.74. The van der Waals surface area contributed by atoms with Crippen molar-refractivity contribution in [3.8, 4) is 5.88 Å². The molecule has 0 saturated heterocycles. The molecule has 1 aromatic heterocycles. The number of hydrogen-bond donors (Lipinski definition) is 1. The second-order valence-corrected chi connectivity index (χ2v) is 4.61. The minimum Gasteiger partial charge on any atom is -0.478 e. The van der Waals surface area contributed by atoms with Gasteiger partial charge in [-0.2, -0.15) is 0 Å². The molecule has 1 heterocycles. The fourth-order valence-corrected chi connectivity index (χ4v) is 1.32. The predicted molar refractivity (Wildman–Crippen MR) is 66.1 cm³/mol. The molecule has 0 atom stereocenters. The first kappa shape index (κ1) is 13.9. The molecule has 0 fully saturated rings. The van der Waals surface area contributed by atoms with Gasteiger partial charge < -0.3 is 14.6 Å². The molecular formula is C13H21NO3. The molecule has 0 aliphatic heterocycles. The van der Waals surface area contributed by atoms with Gasteiger partial charge in [0.25, 0.3) is 0 Å². The number of hydrogen-bond acceptors (Lipinski definition) is 4. The third kappa shape index (κ3) is 4.32. The Labute approximate surface area is 103 Å². The van der Waals surface area contributed by atoms with Crippen molar-refractivity contribution in [2.24, 2.45) is 0 Å². The van der Waals surface area contributed by atoms with Gasteiger partial charge in [-0.1, -0.05) is 0 Å². The van der Waals surface area contributed by atoms with Gasteiger partial charge in [0.1, 0.15) is 0 Å². The molecule has 0 unspecified atom stereocenters. The summed E-state index contributed by atoms with van der Waals surface area (Å²) in [5.41, 5.74) is 1.45. The van der Waals surface area contributed by atoms with Crippen LogP contribution < -0.4 is 4.74 Å². The van der Waals surface area contributed by atoms with Crippen molar-refractivity contribution in [2.75, 3.05) is 13.7 Å². The Morgan fingerprint density at radius 1 is 1.35 bits per heavy atom. The highest BCUT2D eigenvalue weighted by Gasteiger charge is 2.16. The summed E-state index contributed by atoms with van der Waals surface area (Å²) in [7, 11) is 1.69. The molecule has 1 aromatic rings. The quantitative estimate of drug-likeness (QED) is 0.825. The minimum absolute atomic E-state index is 0.00974. The van der Waals surface area contributed by atoms with Gasteiger partial charge in [0.15, 0.2) is 0 Å². The second kappa shape index (κ2) is 5.98. The van der Waals surface area contributed by atoms with E-state index in [2.05, 4.69) is 4.98 Å². The first-order chi connectivity index (χ1) is 7.98. The van der Waals surface area contributed by atoms with Crippen LogP contribution in [-0.2, 0) is 11.3 Å². The van der Waals surface area contributed by atoms with E-state index in [1.165, 1.54) is 0 Å². The molecule has 0 aliphatic carbocycles. The number of pyridine rings is 1. The van der Waals surface area contributed by atoms with E-state index in [4.69, 9.17) is 14.6 Å². The smallest absolute Gasteiger partial charge is 0.213 e. The van der Waals surface area contributed by atoms with E-state index in [1.54, 1.807) is 13.2 Å². The highest BCUT2D eigenvalue weighted by molar-refractivity contribution is 5.24. The molecule has 0 aliphatic rings. The van der Waals surface area contributed by atoms with Gasteiger partial charge in [0.2, 0.25) is 5.88 Å². The third-order valence-electron chi connectivity index (χ3n) is 2.85. The van der Waals surface area contributed by atoms with Gasteiger partial charge in [-0.3, -0.25) is 0 Å². The number of rotatable bonds is 6. The predicted octanol–water partition coefficient (Wildman–Crippen LogP) is 2.08. The standard InChI is InChI=1S/C13H21NO3/c1-10-11(9-15)5-6-12(14-10)17-8-7-13(2,3)16-4/h5-6,15H,7-9H2,1-4H3. The van der Waals surface area contributed by atoms with Crippen LogP contribution in [-0.4, -0.2) is 29.4 Å². The zero-order valence-corrected chi connectivity index (χ0v) is 11.0. The maximum absolute atomic E-state index is 9.03. The van der Waals surface area contributed by atoms with Gasteiger partial charge in [-0.15, -0.1) is 0 Å². The SMILES string of the molecule is COC(C)(C)CCOc1ccc(CO)c(C)n1. The molecule has 0 saturated carbocycles. The molecule has 0 bridgehead atoms. The van der Waals surface area contributed by atoms with Gasteiger partial charge in [0.05, 0.1) is 18.8 Å². The summed E-state index contributed by atoms with van der Waals surface area (Å²) in [5.74, 6) is 0.589. The summed E-state index contributed by atoms with van der Waals surface area (Å²) in [5, 5.41) is 9.03. The number of nitrogens with zero attached hydrogens (tertiary/aromatic N) is 1. The largest absolute Gasteiger partial charge is 0.478 e. The number of aryl methyl sites for hydroxylation is 1. The maximum atomic E-state index is 9.03. The van der Waals surface area contributed by atoms with E-state index >= 15 is 0 Å². The Kier molecular flexibility index (Phi) is 4.90. The lowest BCUT2D eigenvalue weighted by Gasteiger charge is -2.22. The zero-order chi connectivity index (χ0) is 12.9. The van der Waals surface area contributed by atoms with E-state index in [0.29, 0.717) is 12.5 Å². The summed E-state index contributed by atoms with van der Waals surface area (Å²) in [6, 6.07) is 3.61. The van der Waals surface area contributed by atoms with Crippen LogP contribution in [0.1, 0.15) is 31.5 Å². The number of aliphatic hydroxyl groups is 1. The third-order valence-corrected chi connectivity index (χ3v) is 2.85. The molecule has 1 N–H and O–H groups in total. The fourth-order valence-electron chi connectivity index (χ4n) is 1.32. The number of aliphatic hydroxyl groups excluding tert-OH is 1.